The van der Waals surface area contributed by atoms with Crippen LogP contribution in [-0.4, -0.2) is 46.4 Å². The molecule has 0 radical (unpaired) electrons. The molecule has 5 rings (SSSR count). The van der Waals surface area contributed by atoms with Gasteiger partial charge in [0, 0.05) is 19.2 Å². The first-order valence-electron chi connectivity index (χ1n) is 10.3. The Labute approximate surface area is 199 Å². The van der Waals surface area contributed by atoms with Gasteiger partial charge in [0.1, 0.15) is 11.3 Å². The molecule has 0 aliphatic carbocycles. The molecule has 0 aliphatic rings. The Morgan fingerprint density at radius 1 is 1.20 bits per heavy atom. The first-order chi connectivity index (χ1) is 16.9. The highest BCUT2D eigenvalue weighted by Crippen LogP contribution is 2.24. The van der Waals surface area contributed by atoms with E-state index in [1.807, 2.05) is 5.38 Å². The second-order valence-corrected chi connectivity index (χ2v) is 8.24. The molecule has 0 aliphatic heterocycles. The normalized spacial score (nSPS) is 11.3. The summed E-state index contributed by atoms with van der Waals surface area (Å²) >= 11 is 1.32. The van der Waals surface area contributed by atoms with Crippen molar-refractivity contribution in [2.24, 2.45) is 7.05 Å². The van der Waals surface area contributed by atoms with Crippen LogP contribution in [0.4, 0.5) is 5.69 Å². The summed E-state index contributed by atoms with van der Waals surface area (Å²) in [5, 5.41) is 25.3. The molecule has 13 nitrogen and oxygen atoms in total. The third-order valence-corrected chi connectivity index (χ3v) is 6.12. The van der Waals surface area contributed by atoms with Gasteiger partial charge >= 0.3 is 5.97 Å². The lowest BCUT2D eigenvalue weighted by atomic mass is 10.3. The number of carbonyl (C=O) groups excluding carboxylic acids is 1. The minimum Gasteiger partial charge on any atom is -0.481 e. The largest absolute Gasteiger partial charge is 0.481 e. The van der Waals surface area contributed by atoms with E-state index in [0.717, 1.165) is 0 Å². The van der Waals surface area contributed by atoms with Crippen molar-refractivity contribution in [1.29, 1.82) is 0 Å². The molecule has 0 N–H and O–H groups in total. The summed E-state index contributed by atoms with van der Waals surface area (Å²) in [6.07, 6.45) is 1.48. The van der Waals surface area contributed by atoms with Crippen molar-refractivity contribution in [3.05, 3.63) is 73.9 Å². The van der Waals surface area contributed by atoms with Crippen molar-refractivity contribution in [3.63, 3.8) is 0 Å². The van der Waals surface area contributed by atoms with Crippen LogP contribution in [0.1, 0.15) is 23.2 Å². The summed E-state index contributed by atoms with van der Waals surface area (Å²) < 4.78 is 16.1. The van der Waals surface area contributed by atoms with E-state index in [1.54, 1.807) is 24.4 Å². The first-order valence-corrected chi connectivity index (χ1v) is 11.2. The lowest BCUT2D eigenvalue weighted by Gasteiger charge is -2.07. The smallest absolute Gasteiger partial charge is 0.362 e. The lowest BCUT2D eigenvalue weighted by molar-refractivity contribution is -0.384. The van der Waals surface area contributed by atoms with Crippen LogP contribution >= 0.6 is 11.3 Å². The molecule has 4 heterocycles. The summed E-state index contributed by atoms with van der Waals surface area (Å²) in [6, 6.07) is 7.48. The SMILES string of the molecule is CCOC(=O)c1nn(-c2ccc([N+](=O)[O-])cc2)cc1OCc1nnc2n(C)c(=O)c3sccc3n12. The average Bonchev–Trinajstić information content (AvgIpc) is 3.59. The van der Waals surface area contributed by atoms with E-state index < -0.39 is 10.9 Å². The number of benzene rings is 1. The number of hydrogen-bond donors (Lipinski definition) is 0. The van der Waals surface area contributed by atoms with Crippen LogP contribution in [0.2, 0.25) is 0 Å². The number of fused-ring (bicyclic) bond motifs is 3. The molecule has 0 saturated heterocycles. The van der Waals surface area contributed by atoms with Gasteiger partial charge in [0.15, 0.2) is 11.6 Å². The number of thiophene rings is 1. The Bertz CT molecular complexity index is 1650. The molecule has 1 aromatic carbocycles. The fraction of sp³-hybridized carbons (Fsp3) is 0.190. The molecule has 0 spiro atoms. The highest BCUT2D eigenvalue weighted by molar-refractivity contribution is 7.17. The standard InChI is InChI=1S/C21H17N7O6S/c1-3-33-20(30)17-15(10-26(24-17)12-4-6-13(7-5-12)28(31)32)34-11-16-22-23-21-25(2)19(29)18-14(27(16)21)8-9-35-18/h4-10H,3,11H2,1-2H3. The van der Waals surface area contributed by atoms with E-state index in [9.17, 15) is 19.7 Å². The number of rotatable bonds is 7. The summed E-state index contributed by atoms with van der Waals surface area (Å²) in [6.45, 7) is 1.73. The van der Waals surface area contributed by atoms with Gasteiger partial charge in [-0.25, -0.2) is 9.48 Å². The van der Waals surface area contributed by atoms with E-state index in [2.05, 4.69) is 15.3 Å². The lowest BCUT2D eigenvalue weighted by Crippen LogP contribution is -2.19. The Morgan fingerprint density at radius 3 is 2.69 bits per heavy atom. The van der Waals surface area contributed by atoms with Gasteiger partial charge in [-0.2, -0.15) is 5.10 Å². The molecule has 0 fully saturated rings. The maximum Gasteiger partial charge on any atom is 0.362 e. The minimum atomic E-state index is -0.683. The van der Waals surface area contributed by atoms with Crippen LogP contribution in [0.3, 0.4) is 0 Å². The van der Waals surface area contributed by atoms with Crippen LogP contribution in [0.5, 0.6) is 5.75 Å². The average molecular weight is 495 g/mol. The Hall–Kier alpha value is -4.59. The quantitative estimate of drug-likeness (QED) is 0.189. The van der Waals surface area contributed by atoms with Gasteiger partial charge in [-0.05, 0) is 30.5 Å². The van der Waals surface area contributed by atoms with E-state index >= 15 is 0 Å². The van der Waals surface area contributed by atoms with Gasteiger partial charge < -0.3 is 9.47 Å². The van der Waals surface area contributed by atoms with Gasteiger partial charge in [-0.15, -0.1) is 21.5 Å². The monoisotopic (exact) mass is 495 g/mol. The van der Waals surface area contributed by atoms with Crippen LogP contribution in [-0.2, 0) is 18.4 Å². The molecule has 0 bridgehead atoms. The molecule has 35 heavy (non-hydrogen) atoms. The zero-order chi connectivity index (χ0) is 24.7. The zero-order valence-corrected chi connectivity index (χ0v) is 19.3. The fourth-order valence-electron chi connectivity index (χ4n) is 3.55. The topological polar surface area (TPSA) is 149 Å². The Kier molecular flexibility index (Phi) is 5.49. The molecular weight excluding hydrogens is 478 g/mol. The number of non-ortho nitro benzene ring substituents is 1. The highest BCUT2D eigenvalue weighted by Gasteiger charge is 2.22. The molecule has 14 heteroatoms. The Morgan fingerprint density at radius 2 is 1.97 bits per heavy atom. The molecule has 0 unspecified atom stereocenters. The summed E-state index contributed by atoms with van der Waals surface area (Å²) in [7, 11) is 1.61. The summed E-state index contributed by atoms with van der Waals surface area (Å²) in [5.74, 6) is 0.213. The first kappa shape index (κ1) is 22.2. The second-order valence-electron chi connectivity index (χ2n) is 7.32. The van der Waals surface area contributed by atoms with Gasteiger partial charge in [-0.3, -0.25) is 23.9 Å². The number of nitro groups is 1. The number of nitro benzene ring substituents is 1. The number of nitrogens with zero attached hydrogens (tertiary/aromatic N) is 7. The van der Waals surface area contributed by atoms with Crippen LogP contribution in [0.15, 0.2) is 46.7 Å². The van der Waals surface area contributed by atoms with Crippen molar-refractivity contribution in [2.75, 3.05) is 6.61 Å². The van der Waals surface area contributed by atoms with Gasteiger partial charge in [0.05, 0.1) is 28.9 Å². The number of carbonyl (C=O) groups is 1. The predicted molar refractivity (Wildman–Crippen MR) is 124 cm³/mol. The van der Waals surface area contributed by atoms with E-state index in [4.69, 9.17) is 9.47 Å². The van der Waals surface area contributed by atoms with Gasteiger partial charge in [-0.1, -0.05) is 0 Å². The summed E-state index contributed by atoms with van der Waals surface area (Å²) in [5.41, 5.74) is 0.835. The molecule has 0 saturated carbocycles. The van der Waals surface area contributed by atoms with Crippen molar-refractivity contribution in [1.82, 2.24) is 28.9 Å². The number of esters is 1. The zero-order valence-electron chi connectivity index (χ0n) is 18.4. The van der Waals surface area contributed by atoms with E-state index in [0.29, 0.717) is 27.5 Å². The van der Waals surface area contributed by atoms with Crippen LogP contribution in [0, 0.1) is 10.1 Å². The predicted octanol–water partition coefficient (Wildman–Crippen LogP) is 2.49. The molecule has 0 amide bonds. The molecule has 0 atom stereocenters. The number of ether oxygens (including phenoxy) is 2. The Balaban J connectivity index is 1.51. The van der Waals surface area contributed by atoms with E-state index in [-0.39, 0.29) is 35.9 Å². The van der Waals surface area contributed by atoms with Crippen molar-refractivity contribution < 1.29 is 19.2 Å². The maximum atomic E-state index is 12.5. The van der Waals surface area contributed by atoms with Crippen LogP contribution in [0.25, 0.3) is 21.7 Å². The minimum absolute atomic E-state index is 0.0629. The number of aromatic nitrogens is 6. The third kappa shape index (κ3) is 3.78. The maximum absolute atomic E-state index is 12.5. The number of hydrogen-bond acceptors (Lipinski definition) is 10. The second kappa shape index (κ2) is 8.64. The molecular formula is C21H17N7O6S. The van der Waals surface area contributed by atoms with Gasteiger partial charge in [0.25, 0.3) is 11.2 Å². The van der Waals surface area contributed by atoms with E-state index in [1.165, 1.54) is 51.0 Å². The van der Waals surface area contributed by atoms with Crippen molar-refractivity contribution in [2.45, 2.75) is 13.5 Å². The van der Waals surface area contributed by atoms with Gasteiger partial charge in [0.2, 0.25) is 11.5 Å². The van der Waals surface area contributed by atoms with Crippen molar-refractivity contribution in [3.8, 4) is 11.4 Å². The van der Waals surface area contributed by atoms with Crippen LogP contribution < -0.4 is 10.3 Å². The molecule has 4 aromatic heterocycles. The molecule has 178 valence electrons. The third-order valence-electron chi connectivity index (χ3n) is 5.23. The summed E-state index contributed by atoms with van der Waals surface area (Å²) in [4.78, 5) is 35.5. The van der Waals surface area contributed by atoms with Crippen molar-refractivity contribution >= 4 is 39.0 Å². The fourth-order valence-corrected chi connectivity index (χ4v) is 4.40. The highest BCUT2D eigenvalue weighted by atomic mass is 32.1. The number of aryl methyl sites for hydroxylation is 1. The molecule has 5 aromatic rings.